The van der Waals surface area contributed by atoms with Crippen molar-refractivity contribution in [3.63, 3.8) is 0 Å². The molecule has 0 aliphatic rings. The van der Waals surface area contributed by atoms with Crippen LogP contribution in [0.2, 0.25) is 0 Å². The van der Waals surface area contributed by atoms with Gasteiger partial charge in [-0.15, -0.1) is 0 Å². The number of nitrogens with two attached hydrogens (primary N) is 1. The topological polar surface area (TPSA) is 35.2 Å². The van der Waals surface area contributed by atoms with Crippen molar-refractivity contribution in [1.29, 1.82) is 0 Å². The molecule has 2 heteroatoms. The maximum Gasteiger partial charge on any atom is 0.122 e. The first-order chi connectivity index (χ1) is 7.24. The van der Waals surface area contributed by atoms with Crippen LogP contribution in [-0.4, -0.2) is 12.6 Å². The number of hydrogen-bond acceptors (Lipinski definition) is 2. The predicted octanol–water partition coefficient (Wildman–Crippen LogP) is 2.76. The average Bonchev–Trinajstić information content (AvgIpc) is 2.20. The van der Waals surface area contributed by atoms with Crippen LogP contribution < -0.4 is 10.5 Å². The summed E-state index contributed by atoms with van der Waals surface area (Å²) in [5.74, 6) is 0.989. The number of benzene rings is 1. The highest BCUT2D eigenvalue weighted by Crippen LogP contribution is 2.19. The van der Waals surface area contributed by atoms with Gasteiger partial charge in [0.15, 0.2) is 0 Å². The van der Waals surface area contributed by atoms with Crippen LogP contribution in [0.25, 0.3) is 0 Å². The first-order valence-electron chi connectivity index (χ1n) is 5.70. The number of rotatable bonds is 6. The van der Waals surface area contributed by atoms with Gasteiger partial charge < -0.3 is 10.5 Å². The summed E-state index contributed by atoms with van der Waals surface area (Å²) < 4.78 is 5.72. The van der Waals surface area contributed by atoms with E-state index in [-0.39, 0.29) is 6.04 Å². The van der Waals surface area contributed by atoms with Crippen molar-refractivity contribution in [2.45, 2.75) is 39.2 Å². The molecule has 1 unspecified atom stereocenters. The monoisotopic (exact) mass is 207 g/mol. The maximum atomic E-state index is 5.79. The second-order valence-corrected chi connectivity index (χ2v) is 3.99. The zero-order chi connectivity index (χ0) is 11.1. The third-order valence-corrected chi connectivity index (χ3v) is 2.27. The number of para-hydroxylation sites is 1. The Morgan fingerprint density at radius 3 is 2.73 bits per heavy atom. The molecule has 0 heterocycles. The highest BCUT2D eigenvalue weighted by atomic mass is 16.5. The Kier molecular flexibility index (Phi) is 5.19. The molecule has 15 heavy (non-hydrogen) atoms. The van der Waals surface area contributed by atoms with Gasteiger partial charge >= 0.3 is 0 Å². The number of ether oxygens (including phenoxy) is 1. The van der Waals surface area contributed by atoms with E-state index in [2.05, 4.69) is 13.0 Å². The second kappa shape index (κ2) is 6.46. The van der Waals surface area contributed by atoms with Crippen LogP contribution in [0.3, 0.4) is 0 Å². The average molecular weight is 207 g/mol. The van der Waals surface area contributed by atoms with E-state index in [0.29, 0.717) is 0 Å². The Hall–Kier alpha value is -1.02. The highest BCUT2D eigenvalue weighted by molar-refractivity contribution is 5.33. The highest BCUT2D eigenvalue weighted by Gasteiger charge is 2.04. The first-order valence-corrected chi connectivity index (χ1v) is 5.70. The standard InChI is InChI=1S/C13H21NO/c1-3-4-9-15-13-8-6-5-7-12(13)10-11(2)14/h5-8,11H,3-4,9-10,14H2,1-2H3. The van der Waals surface area contributed by atoms with Gasteiger partial charge in [-0.2, -0.15) is 0 Å². The molecular formula is C13H21NO. The summed E-state index contributed by atoms with van der Waals surface area (Å²) in [5.41, 5.74) is 7.00. The molecule has 0 saturated carbocycles. The molecule has 2 N–H and O–H groups in total. The second-order valence-electron chi connectivity index (χ2n) is 3.99. The van der Waals surface area contributed by atoms with E-state index in [9.17, 15) is 0 Å². The third kappa shape index (κ3) is 4.34. The Morgan fingerprint density at radius 2 is 2.07 bits per heavy atom. The predicted molar refractivity (Wildman–Crippen MR) is 64.2 cm³/mol. The first kappa shape index (κ1) is 12.1. The van der Waals surface area contributed by atoms with Gasteiger partial charge in [-0.3, -0.25) is 0 Å². The fourth-order valence-electron chi connectivity index (χ4n) is 1.49. The zero-order valence-electron chi connectivity index (χ0n) is 9.70. The fraction of sp³-hybridized carbons (Fsp3) is 0.538. The van der Waals surface area contributed by atoms with Gasteiger partial charge in [0, 0.05) is 6.04 Å². The van der Waals surface area contributed by atoms with Crippen LogP contribution in [0, 0.1) is 0 Å². The van der Waals surface area contributed by atoms with Crippen LogP contribution in [0.4, 0.5) is 0 Å². The largest absolute Gasteiger partial charge is 0.493 e. The van der Waals surface area contributed by atoms with Crippen molar-refractivity contribution in [2.75, 3.05) is 6.61 Å². The molecule has 0 spiro atoms. The number of unbranched alkanes of at least 4 members (excludes halogenated alkanes) is 1. The van der Waals surface area contributed by atoms with E-state index < -0.39 is 0 Å². The molecule has 0 radical (unpaired) electrons. The molecule has 0 bridgehead atoms. The lowest BCUT2D eigenvalue weighted by molar-refractivity contribution is 0.306. The Bertz CT molecular complexity index is 284. The molecule has 0 aliphatic carbocycles. The van der Waals surface area contributed by atoms with Crippen LogP contribution in [0.5, 0.6) is 5.75 Å². The molecule has 0 amide bonds. The summed E-state index contributed by atoms with van der Waals surface area (Å²) in [6.07, 6.45) is 3.14. The van der Waals surface area contributed by atoms with Gasteiger partial charge in [0.1, 0.15) is 5.75 Å². The number of hydrogen-bond donors (Lipinski definition) is 1. The van der Waals surface area contributed by atoms with Crippen molar-refractivity contribution in [2.24, 2.45) is 5.73 Å². The van der Waals surface area contributed by atoms with Crippen molar-refractivity contribution < 1.29 is 4.74 Å². The lowest BCUT2D eigenvalue weighted by atomic mass is 10.1. The van der Waals surface area contributed by atoms with E-state index >= 15 is 0 Å². The van der Waals surface area contributed by atoms with Crippen LogP contribution in [0.1, 0.15) is 32.3 Å². The Labute approximate surface area is 92.4 Å². The summed E-state index contributed by atoms with van der Waals surface area (Å²) in [5, 5.41) is 0. The van der Waals surface area contributed by atoms with E-state index in [1.807, 2.05) is 25.1 Å². The van der Waals surface area contributed by atoms with Crippen molar-refractivity contribution in [1.82, 2.24) is 0 Å². The minimum absolute atomic E-state index is 0.181. The molecule has 0 saturated heterocycles. The van der Waals surface area contributed by atoms with Gasteiger partial charge in [-0.1, -0.05) is 31.5 Å². The molecule has 1 rings (SSSR count). The minimum atomic E-state index is 0.181. The van der Waals surface area contributed by atoms with Gasteiger partial charge in [-0.25, -0.2) is 0 Å². The quantitative estimate of drug-likeness (QED) is 0.728. The molecule has 0 fully saturated rings. The molecule has 1 atom stereocenters. The van der Waals surface area contributed by atoms with Gasteiger partial charge in [0.2, 0.25) is 0 Å². The smallest absolute Gasteiger partial charge is 0.122 e. The summed E-state index contributed by atoms with van der Waals surface area (Å²) in [4.78, 5) is 0. The van der Waals surface area contributed by atoms with E-state index in [4.69, 9.17) is 10.5 Å². The summed E-state index contributed by atoms with van der Waals surface area (Å²) in [6.45, 7) is 4.98. The van der Waals surface area contributed by atoms with Gasteiger partial charge in [0.25, 0.3) is 0 Å². The Balaban J connectivity index is 2.60. The summed E-state index contributed by atoms with van der Waals surface area (Å²) in [7, 11) is 0. The van der Waals surface area contributed by atoms with Crippen LogP contribution >= 0.6 is 0 Å². The van der Waals surface area contributed by atoms with Crippen LogP contribution in [-0.2, 0) is 6.42 Å². The molecule has 0 aliphatic heterocycles. The fourth-order valence-corrected chi connectivity index (χ4v) is 1.49. The SMILES string of the molecule is CCCCOc1ccccc1CC(C)N. The van der Waals surface area contributed by atoms with Crippen LogP contribution in [0.15, 0.2) is 24.3 Å². The molecule has 84 valence electrons. The summed E-state index contributed by atoms with van der Waals surface area (Å²) >= 11 is 0. The molecule has 0 aromatic heterocycles. The summed E-state index contributed by atoms with van der Waals surface area (Å²) in [6, 6.07) is 8.33. The normalized spacial score (nSPS) is 12.5. The lowest BCUT2D eigenvalue weighted by Crippen LogP contribution is -2.18. The Morgan fingerprint density at radius 1 is 1.33 bits per heavy atom. The van der Waals surface area contributed by atoms with E-state index in [0.717, 1.165) is 31.6 Å². The molecule has 2 nitrogen and oxygen atoms in total. The van der Waals surface area contributed by atoms with Gasteiger partial charge in [0.05, 0.1) is 6.61 Å². The molecular weight excluding hydrogens is 186 g/mol. The van der Waals surface area contributed by atoms with E-state index in [1.54, 1.807) is 0 Å². The maximum absolute atomic E-state index is 5.79. The zero-order valence-corrected chi connectivity index (χ0v) is 9.70. The lowest BCUT2D eigenvalue weighted by Gasteiger charge is -2.12. The van der Waals surface area contributed by atoms with Crippen molar-refractivity contribution in [3.8, 4) is 5.75 Å². The molecule has 1 aromatic rings. The van der Waals surface area contributed by atoms with Crippen molar-refractivity contribution in [3.05, 3.63) is 29.8 Å². The van der Waals surface area contributed by atoms with Crippen molar-refractivity contribution >= 4 is 0 Å². The third-order valence-electron chi connectivity index (χ3n) is 2.27. The van der Waals surface area contributed by atoms with Gasteiger partial charge in [-0.05, 0) is 31.4 Å². The molecule has 1 aromatic carbocycles. The van der Waals surface area contributed by atoms with E-state index in [1.165, 1.54) is 5.56 Å². The minimum Gasteiger partial charge on any atom is -0.493 e.